The molecular formula is C17H13ClF3N3S. The molecule has 0 amide bonds. The Bertz CT molecular complexity index is 939. The van der Waals surface area contributed by atoms with Crippen molar-refractivity contribution >= 4 is 29.0 Å². The first-order valence-electron chi connectivity index (χ1n) is 7.79. The van der Waals surface area contributed by atoms with E-state index in [-0.39, 0.29) is 15.9 Å². The van der Waals surface area contributed by atoms with Gasteiger partial charge in [-0.3, -0.25) is 4.40 Å². The molecule has 3 aromatic rings. The van der Waals surface area contributed by atoms with Gasteiger partial charge in [0.2, 0.25) is 0 Å². The molecule has 1 unspecified atom stereocenters. The van der Waals surface area contributed by atoms with Gasteiger partial charge in [0, 0.05) is 11.4 Å². The number of thioether (sulfide) groups is 1. The molecule has 0 fully saturated rings. The van der Waals surface area contributed by atoms with Crippen LogP contribution in [0, 0.1) is 0 Å². The first-order valence-corrected chi connectivity index (χ1v) is 9.05. The molecule has 130 valence electrons. The monoisotopic (exact) mass is 383 g/mol. The summed E-state index contributed by atoms with van der Waals surface area (Å²) < 4.78 is 40.5. The number of rotatable bonds is 2. The Morgan fingerprint density at radius 2 is 2.00 bits per heavy atom. The van der Waals surface area contributed by atoms with Crippen LogP contribution in [0.5, 0.6) is 0 Å². The SMILES string of the molecule is FC(F)(F)c1cc(Cl)c2nnc(SC3CCCc4ccccc43)n2c1. The minimum absolute atomic E-state index is 0.0572. The lowest BCUT2D eigenvalue weighted by atomic mass is 9.91. The third kappa shape index (κ3) is 3.11. The number of fused-ring (bicyclic) bond motifs is 2. The smallest absolute Gasteiger partial charge is 0.276 e. The van der Waals surface area contributed by atoms with Crippen molar-refractivity contribution in [3.63, 3.8) is 0 Å². The number of pyridine rings is 1. The number of halogens is 4. The molecule has 1 atom stereocenters. The zero-order valence-corrected chi connectivity index (χ0v) is 14.5. The van der Waals surface area contributed by atoms with Crippen molar-refractivity contribution in [2.45, 2.75) is 35.8 Å². The normalized spacial score (nSPS) is 17.7. The molecule has 0 bridgehead atoms. The standard InChI is InChI=1S/C17H13ClF3N3S/c18-13-8-11(17(19,20)21)9-24-15(13)22-23-16(24)25-14-7-3-5-10-4-1-2-6-12(10)14/h1-2,4,6,8-9,14H,3,5,7H2. The molecule has 8 heteroatoms. The van der Waals surface area contributed by atoms with E-state index in [2.05, 4.69) is 22.3 Å². The highest BCUT2D eigenvalue weighted by molar-refractivity contribution is 7.99. The van der Waals surface area contributed by atoms with Gasteiger partial charge in [-0.15, -0.1) is 10.2 Å². The van der Waals surface area contributed by atoms with Crippen LogP contribution >= 0.6 is 23.4 Å². The van der Waals surface area contributed by atoms with Crippen molar-refractivity contribution in [1.82, 2.24) is 14.6 Å². The van der Waals surface area contributed by atoms with Crippen LogP contribution in [-0.2, 0) is 12.6 Å². The molecule has 1 aromatic carbocycles. The zero-order chi connectivity index (χ0) is 17.6. The molecule has 1 aliphatic rings. The summed E-state index contributed by atoms with van der Waals surface area (Å²) in [4.78, 5) is 0. The number of alkyl halides is 3. The molecular weight excluding hydrogens is 371 g/mol. The predicted molar refractivity (Wildman–Crippen MR) is 91.0 cm³/mol. The summed E-state index contributed by atoms with van der Waals surface area (Å²) in [6, 6.07) is 9.05. The fourth-order valence-corrected chi connectivity index (χ4v) is 4.61. The number of benzene rings is 1. The van der Waals surface area contributed by atoms with E-state index in [1.807, 2.05) is 12.1 Å². The van der Waals surface area contributed by atoms with Crippen LogP contribution in [-0.4, -0.2) is 14.6 Å². The molecule has 2 aromatic heterocycles. The number of hydrogen-bond donors (Lipinski definition) is 0. The van der Waals surface area contributed by atoms with Gasteiger partial charge in [0.25, 0.3) is 0 Å². The highest BCUT2D eigenvalue weighted by Gasteiger charge is 2.32. The summed E-state index contributed by atoms with van der Waals surface area (Å²) in [5.74, 6) is 0. The van der Waals surface area contributed by atoms with Gasteiger partial charge in [0.05, 0.1) is 10.6 Å². The molecule has 0 N–H and O–H groups in total. The largest absolute Gasteiger partial charge is 0.417 e. The van der Waals surface area contributed by atoms with E-state index in [1.165, 1.54) is 27.3 Å². The number of hydrogen-bond acceptors (Lipinski definition) is 3. The van der Waals surface area contributed by atoms with E-state index in [9.17, 15) is 13.2 Å². The maximum atomic E-state index is 13.1. The van der Waals surface area contributed by atoms with Gasteiger partial charge < -0.3 is 0 Å². The van der Waals surface area contributed by atoms with Crippen LogP contribution < -0.4 is 0 Å². The third-order valence-electron chi connectivity index (χ3n) is 4.32. The lowest BCUT2D eigenvalue weighted by Crippen LogP contribution is -2.08. The fourth-order valence-electron chi connectivity index (χ4n) is 3.13. The van der Waals surface area contributed by atoms with Crippen molar-refractivity contribution in [1.29, 1.82) is 0 Å². The fraction of sp³-hybridized carbons (Fsp3) is 0.294. The Hall–Kier alpha value is -1.73. The van der Waals surface area contributed by atoms with Crippen molar-refractivity contribution in [2.24, 2.45) is 0 Å². The van der Waals surface area contributed by atoms with Crippen LogP contribution in [0.3, 0.4) is 0 Å². The van der Waals surface area contributed by atoms with Crippen LogP contribution in [0.1, 0.15) is 34.8 Å². The predicted octanol–water partition coefficient (Wildman–Crippen LogP) is 5.57. The summed E-state index contributed by atoms with van der Waals surface area (Å²) in [6.45, 7) is 0. The number of nitrogens with zero attached hydrogens (tertiary/aromatic N) is 3. The molecule has 0 radical (unpaired) electrons. The number of aryl methyl sites for hydroxylation is 1. The second-order valence-electron chi connectivity index (χ2n) is 5.95. The maximum absolute atomic E-state index is 13.1. The molecule has 0 saturated heterocycles. The van der Waals surface area contributed by atoms with E-state index < -0.39 is 11.7 Å². The Kier molecular flexibility index (Phi) is 4.16. The topological polar surface area (TPSA) is 30.2 Å². The van der Waals surface area contributed by atoms with E-state index >= 15 is 0 Å². The van der Waals surface area contributed by atoms with Gasteiger partial charge in [-0.2, -0.15) is 13.2 Å². The Labute approximate surface area is 151 Å². The van der Waals surface area contributed by atoms with Crippen LogP contribution in [0.4, 0.5) is 13.2 Å². The van der Waals surface area contributed by atoms with Crippen molar-refractivity contribution in [2.75, 3.05) is 0 Å². The van der Waals surface area contributed by atoms with Gasteiger partial charge in [-0.05, 0) is 36.5 Å². The van der Waals surface area contributed by atoms with E-state index in [0.29, 0.717) is 5.16 Å². The summed E-state index contributed by atoms with van der Waals surface area (Å²) in [5, 5.41) is 8.53. The third-order valence-corrected chi connectivity index (χ3v) is 5.86. The van der Waals surface area contributed by atoms with Crippen LogP contribution in [0.15, 0.2) is 41.7 Å². The molecule has 4 rings (SSSR count). The average Bonchev–Trinajstić information content (AvgIpc) is 2.98. The van der Waals surface area contributed by atoms with Gasteiger partial charge in [0.15, 0.2) is 10.8 Å². The second kappa shape index (κ2) is 6.21. The van der Waals surface area contributed by atoms with Gasteiger partial charge in [-0.25, -0.2) is 0 Å². The summed E-state index contributed by atoms with van der Waals surface area (Å²) in [7, 11) is 0. The highest BCUT2D eigenvalue weighted by atomic mass is 35.5. The molecule has 0 spiro atoms. The van der Waals surface area contributed by atoms with Crippen molar-refractivity contribution < 1.29 is 13.2 Å². The summed E-state index contributed by atoms with van der Waals surface area (Å²) in [5.41, 5.74) is 1.93. The van der Waals surface area contributed by atoms with E-state index in [4.69, 9.17) is 11.6 Å². The first kappa shape index (κ1) is 16.7. The minimum atomic E-state index is -4.47. The Morgan fingerprint density at radius 3 is 2.80 bits per heavy atom. The highest BCUT2D eigenvalue weighted by Crippen LogP contribution is 2.43. The van der Waals surface area contributed by atoms with Crippen LogP contribution in [0.25, 0.3) is 5.65 Å². The lowest BCUT2D eigenvalue weighted by Gasteiger charge is -2.24. The quantitative estimate of drug-likeness (QED) is 0.579. The van der Waals surface area contributed by atoms with Gasteiger partial charge >= 0.3 is 6.18 Å². The molecule has 0 aliphatic heterocycles. The van der Waals surface area contributed by atoms with Crippen molar-refractivity contribution in [3.05, 3.63) is 58.2 Å². The van der Waals surface area contributed by atoms with Crippen molar-refractivity contribution in [3.8, 4) is 0 Å². The molecule has 1 aliphatic carbocycles. The van der Waals surface area contributed by atoms with Gasteiger partial charge in [0.1, 0.15) is 0 Å². The van der Waals surface area contributed by atoms with E-state index in [1.54, 1.807) is 0 Å². The summed E-state index contributed by atoms with van der Waals surface area (Å²) in [6.07, 6.45) is -0.444. The summed E-state index contributed by atoms with van der Waals surface area (Å²) >= 11 is 7.41. The number of aromatic nitrogens is 3. The Balaban J connectivity index is 1.75. The zero-order valence-electron chi connectivity index (χ0n) is 12.9. The minimum Gasteiger partial charge on any atom is -0.276 e. The molecule has 25 heavy (non-hydrogen) atoms. The molecule has 0 saturated carbocycles. The molecule has 3 nitrogen and oxygen atoms in total. The first-order chi connectivity index (χ1) is 11.9. The Morgan fingerprint density at radius 1 is 1.20 bits per heavy atom. The van der Waals surface area contributed by atoms with Gasteiger partial charge in [-0.1, -0.05) is 47.6 Å². The maximum Gasteiger partial charge on any atom is 0.417 e. The average molecular weight is 384 g/mol. The molecule has 2 heterocycles. The second-order valence-corrected chi connectivity index (χ2v) is 7.53. The van der Waals surface area contributed by atoms with Crippen LogP contribution in [0.2, 0.25) is 5.02 Å². The van der Waals surface area contributed by atoms with E-state index in [0.717, 1.165) is 31.5 Å². The lowest BCUT2D eigenvalue weighted by molar-refractivity contribution is -0.137.